The van der Waals surface area contributed by atoms with Gasteiger partial charge in [-0.1, -0.05) is 12.1 Å². The van der Waals surface area contributed by atoms with Crippen molar-refractivity contribution < 1.29 is 9.53 Å². The lowest BCUT2D eigenvalue weighted by atomic mass is 10.1. The van der Waals surface area contributed by atoms with Gasteiger partial charge in [0.2, 0.25) is 0 Å². The van der Waals surface area contributed by atoms with Gasteiger partial charge >= 0.3 is 0 Å². The van der Waals surface area contributed by atoms with Crippen LogP contribution in [0, 0.1) is 0 Å². The van der Waals surface area contributed by atoms with E-state index >= 15 is 0 Å². The van der Waals surface area contributed by atoms with Crippen molar-refractivity contribution in [1.82, 2.24) is 4.90 Å². The Morgan fingerprint density at radius 2 is 2.06 bits per heavy atom. The minimum Gasteiger partial charge on any atom is -0.398 e. The lowest BCUT2D eigenvalue weighted by Gasteiger charge is -2.18. The van der Waals surface area contributed by atoms with Crippen LogP contribution in [0.25, 0.3) is 0 Å². The summed E-state index contributed by atoms with van der Waals surface area (Å²) in [6.07, 6.45) is 1.06. The van der Waals surface area contributed by atoms with Crippen LogP contribution >= 0.6 is 0 Å². The number of nitrogens with two attached hydrogens (primary N) is 1. The lowest BCUT2D eigenvalue weighted by Crippen LogP contribution is -2.29. The zero-order valence-corrected chi connectivity index (χ0v) is 11.3. The SMILES string of the molecule is CC(C)OCCCN(C)C(=O)c1ccccc1N. The van der Waals surface area contributed by atoms with Crippen LogP contribution in [0.5, 0.6) is 0 Å². The van der Waals surface area contributed by atoms with Crippen molar-refractivity contribution in [2.45, 2.75) is 26.4 Å². The van der Waals surface area contributed by atoms with Crippen molar-refractivity contribution in [2.24, 2.45) is 0 Å². The number of carbonyl (C=O) groups excluding carboxylic acids is 1. The Morgan fingerprint density at radius 1 is 1.39 bits per heavy atom. The Morgan fingerprint density at radius 3 is 2.67 bits per heavy atom. The highest BCUT2D eigenvalue weighted by atomic mass is 16.5. The van der Waals surface area contributed by atoms with Crippen LogP contribution in [-0.2, 0) is 4.74 Å². The number of benzene rings is 1. The van der Waals surface area contributed by atoms with E-state index in [1.165, 1.54) is 0 Å². The van der Waals surface area contributed by atoms with Crippen molar-refractivity contribution in [1.29, 1.82) is 0 Å². The van der Waals surface area contributed by atoms with E-state index in [0.29, 0.717) is 24.4 Å². The molecule has 100 valence electrons. The average molecular weight is 250 g/mol. The van der Waals surface area contributed by atoms with Gasteiger partial charge in [-0.15, -0.1) is 0 Å². The van der Waals surface area contributed by atoms with E-state index in [0.717, 1.165) is 6.42 Å². The fourth-order valence-electron chi connectivity index (χ4n) is 1.62. The van der Waals surface area contributed by atoms with E-state index in [-0.39, 0.29) is 12.0 Å². The number of nitrogens with zero attached hydrogens (tertiary/aromatic N) is 1. The summed E-state index contributed by atoms with van der Waals surface area (Å²) in [5.41, 5.74) is 6.86. The number of carbonyl (C=O) groups is 1. The molecule has 18 heavy (non-hydrogen) atoms. The number of rotatable bonds is 6. The Bertz CT molecular complexity index is 391. The molecule has 0 aromatic heterocycles. The van der Waals surface area contributed by atoms with E-state index in [4.69, 9.17) is 10.5 Å². The summed E-state index contributed by atoms with van der Waals surface area (Å²) in [6, 6.07) is 7.13. The third-order valence-corrected chi connectivity index (χ3v) is 2.63. The number of amides is 1. The Labute approximate surface area is 109 Å². The third-order valence-electron chi connectivity index (χ3n) is 2.63. The highest BCUT2D eigenvalue weighted by Crippen LogP contribution is 2.12. The van der Waals surface area contributed by atoms with E-state index in [2.05, 4.69) is 0 Å². The van der Waals surface area contributed by atoms with Crippen LogP contribution in [0.2, 0.25) is 0 Å². The molecule has 0 aliphatic rings. The summed E-state index contributed by atoms with van der Waals surface area (Å²) in [4.78, 5) is 13.8. The lowest BCUT2D eigenvalue weighted by molar-refractivity contribution is 0.0651. The van der Waals surface area contributed by atoms with Crippen LogP contribution < -0.4 is 5.73 Å². The highest BCUT2D eigenvalue weighted by Gasteiger charge is 2.13. The second-order valence-corrected chi connectivity index (χ2v) is 4.59. The fraction of sp³-hybridized carbons (Fsp3) is 0.500. The van der Waals surface area contributed by atoms with Gasteiger partial charge in [-0.2, -0.15) is 0 Å². The number of ether oxygens (including phenoxy) is 1. The molecular weight excluding hydrogens is 228 g/mol. The molecule has 0 unspecified atom stereocenters. The molecule has 0 bridgehead atoms. The number of nitrogen functional groups attached to an aromatic ring is 1. The van der Waals surface area contributed by atoms with Gasteiger partial charge in [0.15, 0.2) is 0 Å². The molecule has 1 aromatic carbocycles. The first-order valence-corrected chi connectivity index (χ1v) is 6.24. The van der Waals surface area contributed by atoms with Crippen LogP contribution in [-0.4, -0.2) is 37.1 Å². The summed E-state index contributed by atoms with van der Waals surface area (Å²) in [6.45, 7) is 5.33. The predicted molar refractivity (Wildman–Crippen MR) is 73.5 cm³/mol. The van der Waals surface area contributed by atoms with E-state index in [1.807, 2.05) is 26.0 Å². The molecule has 0 radical (unpaired) electrons. The molecule has 1 amide bonds. The van der Waals surface area contributed by atoms with Crippen LogP contribution in [0.15, 0.2) is 24.3 Å². The number of hydrogen-bond acceptors (Lipinski definition) is 3. The number of hydrogen-bond donors (Lipinski definition) is 1. The Hall–Kier alpha value is -1.55. The number of anilines is 1. The molecule has 0 heterocycles. The Kier molecular flexibility index (Phi) is 5.65. The molecular formula is C14H22N2O2. The first-order valence-electron chi connectivity index (χ1n) is 6.24. The summed E-state index contributed by atoms with van der Waals surface area (Å²) >= 11 is 0. The van der Waals surface area contributed by atoms with Gasteiger partial charge < -0.3 is 15.4 Å². The molecule has 0 spiro atoms. The second kappa shape index (κ2) is 7.01. The predicted octanol–water partition coefficient (Wildman–Crippen LogP) is 2.16. The van der Waals surface area contributed by atoms with Gasteiger partial charge in [0.05, 0.1) is 11.7 Å². The van der Waals surface area contributed by atoms with Crippen LogP contribution in [0.4, 0.5) is 5.69 Å². The molecule has 0 saturated carbocycles. The molecule has 0 atom stereocenters. The standard InChI is InChI=1S/C14H22N2O2/c1-11(2)18-10-6-9-16(3)14(17)12-7-4-5-8-13(12)15/h4-5,7-8,11H,6,9-10,15H2,1-3H3. The molecule has 1 rings (SSSR count). The summed E-state index contributed by atoms with van der Waals surface area (Å²) in [5, 5.41) is 0. The minimum atomic E-state index is -0.0438. The zero-order valence-electron chi connectivity index (χ0n) is 11.3. The van der Waals surface area contributed by atoms with Gasteiger partial charge in [0.25, 0.3) is 5.91 Å². The van der Waals surface area contributed by atoms with E-state index in [9.17, 15) is 4.79 Å². The largest absolute Gasteiger partial charge is 0.398 e. The van der Waals surface area contributed by atoms with Crippen molar-refractivity contribution in [3.8, 4) is 0 Å². The first kappa shape index (κ1) is 14.5. The monoisotopic (exact) mass is 250 g/mol. The molecule has 0 aliphatic heterocycles. The molecule has 0 fully saturated rings. The fourth-order valence-corrected chi connectivity index (χ4v) is 1.62. The van der Waals surface area contributed by atoms with Gasteiger partial charge in [-0.3, -0.25) is 4.79 Å². The molecule has 1 aromatic rings. The van der Waals surface area contributed by atoms with Crippen molar-refractivity contribution in [2.75, 3.05) is 25.9 Å². The smallest absolute Gasteiger partial charge is 0.255 e. The Balaban J connectivity index is 2.45. The van der Waals surface area contributed by atoms with Crippen molar-refractivity contribution >= 4 is 11.6 Å². The van der Waals surface area contributed by atoms with Crippen molar-refractivity contribution in [3.05, 3.63) is 29.8 Å². The first-order chi connectivity index (χ1) is 8.52. The van der Waals surface area contributed by atoms with Crippen LogP contribution in [0.1, 0.15) is 30.6 Å². The summed E-state index contributed by atoms with van der Waals surface area (Å²) in [7, 11) is 1.78. The maximum absolute atomic E-state index is 12.1. The van der Waals surface area contributed by atoms with E-state index in [1.54, 1.807) is 24.1 Å². The minimum absolute atomic E-state index is 0.0438. The molecule has 2 N–H and O–H groups in total. The van der Waals surface area contributed by atoms with Gasteiger partial charge in [-0.05, 0) is 32.4 Å². The van der Waals surface area contributed by atoms with Gasteiger partial charge in [0.1, 0.15) is 0 Å². The average Bonchev–Trinajstić information content (AvgIpc) is 2.34. The topological polar surface area (TPSA) is 55.6 Å². The highest BCUT2D eigenvalue weighted by molar-refractivity contribution is 5.98. The van der Waals surface area contributed by atoms with E-state index < -0.39 is 0 Å². The molecule has 0 aliphatic carbocycles. The summed E-state index contributed by atoms with van der Waals surface area (Å²) in [5.74, 6) is -0.0438. The quantitative estimate of drug-likeness (QED) is 0.621. The van der Waals surface area contributed by atoms with Gasteiger partial charge in [-0.25, -0.2) is 0 Å². The molecule has 4 nitrogen and oxygen atoms in total. The maximum atomic E-state index is 12.1. The molecule has 0 saturated heterocycles. The second-order valence-electron chi connectivity index (χ2n) is 4.59. The third kappa shape index (κ3) is 4.37. The van der Waals surface area contributed by atoms with Gasteiger partial charge in [0, 0.05) is 25.9 Å². The van der Waals surface area contributed by atoms with Crippen molar-refractivity contribution in [3.63, 3.8) is 0 Å². The zero-order chi connectivity index (χ0) is 13.5. The normalized spacial score (nSPS) is 10.7. The summed E-state index contributed by atoms with van der Waals surface area (Å²) < 4.78 is 5.44. The maximum Gasteiger partial charge on any atom is 0.255 e. The molecule has 4 heteroatoms. The number of para-hydroxylation sites is 1. The van der Waals surface area contributed by atoms with Crippen LogP contribution in [0.3, 0.4) is 0 Å².